The van der Waals surface area contributed by atoms with Crippen LogP contribution >= 0.6 is 0 Å². The Morgan fingerprint density at radius 2 is 1.02 bits per heavy atom. The van der Waals surface area contributed by atoms with Crippen molar-refractivity contribution < 1.29 is 17.2 Å². The van der Waals surface area contributed by atoms with E-state index in [9.17, 15) is 8.42 Å². The molecule has 2 fully saturated rings. The summed E-state index contributed by atoms with van der Waals surface area (Å²) in [5, 5.41) is 0. The normalized spacial score (nSPS) is 16.8. The number of benzene rings is 2. The molecule has 0 N–H and O–H groups in total. The molecule has 0 spiro atoms. The monoisotopic (exact) mass is 600 g/mol. The zero-order chi connectivity index (χ0) is 29.8. The van der Waals surface area contributed by atoms with E-state index in [1.807, 2.05) is 12.1 Å². The number of halogens is 2. The molecule has 2 aromatic carbocycles. The molecule has 2 aliphatic carbocycles. The second kappa shape index (κ2) is 13.0. The van der Waals surface area contributed by atoms with Gasteiger partial charge in [0.1, 0.15) is 11.6 Å². The third-order valence-corrected chi connectivity index (χ3v) is 10.7. The Kier molecular flexibility index (Phi) is 8.98. The highest BCUT2D eigenvalue weighted by atomic mass is 32.2. The van der Waals surface area contributed by atoms with E-state index in [0.717, 1.165) is 48.2 Å². The number of pyridine rings is 2. The summed E-state index contributed by atoms with van der Waals surface area (Å²) in [5.74, 6) is -1.41. The van der Waals surface area contributed by atoms with Gasteiger partial charge in [0.05, 0.1) is 22.9 Å². The van der Waals surface area contributed by atoms with Gasteiger partial charge in [-0.25, -0.2) is 17.2 Å². The molecule has 2 heterocycles. The van der Waals surface area contributed by atoms with Crippen LogP contribution in [0.3, 0.4) is 0 Å². The molecule has 6 rings (SSSR count). The average molecular weight is 601 g/mol. The van der Waals surface area contributed by atoms with Gasteiger partial charge in [0.25, 0.3) is 0 Å². The van der Waals surface area contributed by atoms with Crippen LogP contribution in [-0.4, -0.2) is 18.4 Å². The van der Waals surface area contributed by atoms with Crippen molar-refractivity contribution in [3.8, 4) is 22.5 Å². The Bertz CT molecular complexity index is 1570. The van der Waals surface area contributed by atoms with Crippen molar-refractivity contribution in [2.75, 3.05) is 0 Å². The van der Waals surface area contributed by atoms with E-state index in [2.05, 4.69) is 22.1 Å². The first-order chi connectivity index (χ1) is 20.9. The number of aromatic nitrogens is 2. The minimum Gasteiger partial charge on any atom is -0.256 e. The Hall–Kier alpha value is -3.45. The lowest BCUT2D eigenvalue weighted by atomic mass is 9.82. The van der Waals surface area contributed by atoms with Crippen LogP contribution in [0.1, 0.15) is 98.3 Å². The maximum absolute atomic E-state index is 15.3. The van der Waals surface area contributed by atoms with Crippen molar-refractivity contribution in [2.45, 2.75) is 87.5 Å². The van der Waals surface area contributed by atoms with Gasteiger partial charge < -0.3 is 0 Å². The molecule has 0 radical (unpaired) electrons. The van der Waals surface area contributed by atoms with Crippen LogP contribution in [0.2, 0.25) is 0 Å². The first-order valence-electron chi connectivity index (χ1n) is 15.6. The summed E-state index contributed by atoms with van der Waals surface area (Å²) in [5.41, 5.74) is 5.18. The van der Waals surface area contributed by atoms with Crippen LogP contribution in [-0.2, 0) is 21.3 Å². The van der Waals surface area contributed by atoms with Gasteiger partial charge >= 0.3 is 0 Å². The Balaban J connectivity index is 1.18. The highest BCUT2D eigenvalue weighted by Crippen LogP contribution is 2.39. The van der Waals surface area contributed by atoms with Crippen LogP contribution in [0, 0.1) is 11.6 Å². The molecule has 0 aliphatic heterocycles. The molecule has 0 saturated heterocycles. The van der Waals surface area contributed by atoms with Gasteiger partial charge in [-0.3, -0.25) is 9.97 Å². The summed E-state index contributed by atoms with van der Waals surface area (Å²) < 4.78 is 56.9. The van der Waals surface area contributed by atoms with E-state index in [1.165, 1.54) is 62.8 Å². The summed E-state index contributed by atoms with van der Waals surface area (Å²) in [6, 6.07) is 17.3. The molecule has 0 unspecified atom stereocenters. The van der Waals surface area contributed by atoms with Gasteiger partial charge in [-0.15, -0.1) is 0 Å². The van der Waals surface area contributed by atoms with Gasteiger partial charge in [0.2, 0.25) is 0 Å². The van der Waals surface area contributed by atoms with Crippen LogP contribution in [0.15, 0.2) is 73.1 Å². The number of hydrogen-bond acceptors (Lipinski definition) is 4. The van der Waals surface area contributed by atoms with Crippen LogP contribution < -0.4 is 0 Å². The maximum atomic E-state index is 15.3. The van der Waals surface area contributed by atoms with Crippen molar-refractivity contribution in [1.82, 2.24) is 9.97 Å². The predicted molar refractivity (Wildman–Crippen MR) is 167 cm³/mol. The molecule has 7 heteroatoms. The van der Waals surface area contributed by atoms with E-state index < -0.39 is 33.0 Å². The molecule has 4 aromatic rings. The third kappa shape index (κ3) is 6.87. The Morgan fingerprint density at radius 3 is 1.42 bits per heavy atom. The lowest BCUT2D eigenvalue weighted by Gasteiger charge is -2.24. The number of nitrogens with zero attached hydrogens (tertiary/aromatic N) is 2. The van der Waals surface area contributed by atoms with Gasteiger partial charge in [-0.2, -0.15) is 0 Å². The zero-order valence-electron chi connectivity index (χ0n) is 24.4. The molecular weight excluding hydrogens is 562 g/mol. The molecule has 43 heavy (non-hydrogen) atoms. The number of sulfone groups is 1. The topological polar surface area (TPSA) is 59.9 Å². The zero-order valence-corrected chi connectivity index (χ0v) is 25.3. The molecule has 0 bridgehead atoms. The largest absolute Gasteiger partial charge is 0.256 e. The molecular formula is C36H38F2N2O2S. The Labute approximate surface area is 253 Å². The number of rotatable bonds is 8. The van der Waals surface area contributed by atoms with E-state index in [1.54, 1.807) is 24.5 Å². The van der Waals surface area contributed by atoms with E-state index >= 15 is 8.78 Å². The lowest BCUT2D eigenvalue weighted by molar-refractivity contribution is 0.443. The molecule has 2 saturated carbocycles. The fraction of sp³-hybridized carbons (Fsp3) is 0.389. The fourth-order valence-corrected chi connectivity index (χ4v) is 8.47. The van der Waals surface area contributed by atoms with Crippen LogP contribution in [0.4, 0.5) is 8.78 Å². The van der Waals surface area contributed by atoms with Gasteiger partial charge in [-0.05, 0) is 72.9 Å². The van der Waals surface area contributed by atoms with E-state index in [0.29, 0.717) is 23.0 Å². The minimum atomic E-state index is -3.85. The average Bonchev–Trinajstić information content (AvgIpc) is 3.04. The molecule has 0 amide bonds. The summed E-state index contributed by atoms with van der Waals surface area (Å²) in [4.78, 5) is 9.13. The maximum Gasteiger partial charge on any atom is 0.158 e. The number of hydrogen-bond donors (Lipinski definition) is 0. The SMILES string of the molecule is O=S(=O)(Cc1ccc(-c2ncccc2C2CCCCC2)cc1F)Cc1ccc(-c2ncccc2C2CCCCC2)cc1F. The van der Waals surface area contributed by atoms with Crippen LogP contribution in [0.25, 0.3) is 22.5 Å². The van der Waals surface area contributed by atoms with E-state index in [4.69, 9.17) is 0 Å². The van der Waals surface area contributed by atoms with Gasteiger partial charge in [-0.1, -0.05) is 74.9 Å². The second-order valence-corrected chi connectivity index (χ2v) is 14.3. The highest BCUT2D eigenvalue weighted by molar-refractivity contribution is 7.89. The molecule has 224 valence electrons. The van der Waals surface area contributed by atoms with Crippen molar-refractivity contribution in [3.63, 3.8) is 0 Å². The van der Waals surface area contributed by atoms with Crippen LogP contribution in [0.5, 0.6) is 0 Å². The predicted octanol–water partition coefficient (Wildman–Crippen LogP) is 9.30. The molecule has 0 atom stereocenters. The smallest absolute Gasteiger partial charge is 0.158 e. The van der Waals surface area contributed by atoms with Crippen molar-refractivity contribution in [3.05, 3.63) is 107 Å². The van der Waals surface area contributed by atoms with Crippen molar-refractivity contribution in [2.24, 2.45) is 0 Å². The molecule has 2 aliphatic rings. The highest BCUT2D eigenvalue weighted by Gasteiger charge is 2.24. The van der Waals surface area contributed by atoms with Gasteiger partial charge in [0, 0.05) is 34.6 Å². The fourth-order valence-electron chi connectivity index (χ4n) is 6.95. The van der Waals surface area contributed by atoms with Crippen molar-refractivity contribution in [1.29, 1.82) is 0 Å². The summed E-state index contributed by atoms with van der Waals surface area (Å²) in [6.45, 7) is 0. The standard InChI is InChI=1S/C36H38F2N2O2S/c37-33-21-27(35-31(13-7-19-39-35)25-9-3-1-4-10-25)15-17-29(33)23-43(41,42)24-30-18-16-28(22-34(30)38)36-32(14-8-20-40-36)26-11-5-2-6-12-26/h7-8,13-22,25-26H,1-6,9-12,23-24H2. The molecule has 2 aromatic heterocycles. The lowest BCUT2D eigenvalue weighted by Crippen LogP contribution is -2.11. The third-order valence-electron chi connectivity index (χ3n) is 9.17. The first-order valence-corrected chi connectivity index (χ1v) is 17.4. The summed E-state index contributed by atoms with van der Waals surface area (Å²) >= 11 is 0. The summed E-state index contributed by atoms with van der Waals surface area (Å²) in [6.07, 6.45) is 15.0. The van der Waals surface area contributed by atoms with Gasteiger partial charge in [0.15, 0.2) is 9.84 Å². The van der Waals surface area contributed by atoms with Crippen molar-refractivity contribution >= 4 is 9.84 Å². The quantitative estimate of drug-likeness (QED) is 0.202. The van der Waals surface area contributed by atoms with E-state index in [-0.39, 0.29) is 11.1 Å². The minimum absolute atomic E-state index is 0.0709. The summed E-state index contributed by atoms with van der Waals surface area (Å²) in [7, 11) is -3.85. The Morgan fingerprint density at radius 1 is 0.605 bits per heavy atom. The molecule has 4 nitrogen and oxygen atoms in total. The second-order valence-electron chi connectivity index (χ2n) is 12.2. The first kappa shape index (κ1) is 29.6.